The molecule has 0 bridgehead atoms. The number of nitrogens with zero attached hydrogens (tertiary/aromatic N) is 1. The molecule has 0 spiro atoms. The molecule has 8 heteroatoms. The molecule has 1 heterocycles. The summed E-state index contributed by atoms with van der Waals surface area (Å²) < 4.78 is 32.4. The predicted molar refractivity (Wildman–Crippen MR) is 112 cm³/mol. The molecule has 0 aliphatic carbocycles. The van der Waals surface area contributed by atoms with Gasteiger partial charge in [-0.2, -0.15) is 4.31 Å². The van der Waals surface area contributed by atoms with Crippen LogP contribution in [0.3, 0.4) is 0 Å². The molecule has 0 saturated carbocycles. The number of aryl methyl sites for hydroxylation is 1. The average molecular weight is 431 g/mol. The third-order valence-electron chi connectivity index (χ3n) is 4.98. The minimum atomic E-state index is -3.79. The fraction of sp³-hybridized carbons (Fsp3) is 0.364. The van der Waals surface area contributed by atoms with E-state index in [0.717, 1.165) is 30.4 Å². The van der Waals surface area contributed by atoms with Gasteiger partial charge in [-0.25, -0.2) is 13.2 Å². The van der Waals surface area contributed by atoms with E-state index in [9.17, 15) is 18.0 Å². The number of rotatable bonds is 7. The average Bonchev–Trinajstić information content (AvgIpc) is 2.77. The van der Waals surface area contributed by atoms with Crippen LogP contribution in [-0.4, -0.2) is 44.3 Å². The lowest BCUT2D eigenvalue weighted by molar-refractivity contribution is -0.124. The second-order valence-corrected chi connectivity index (χ2v) is 9.21. The quantitative estimate of drug-likeness (QED) is 0.682. The van der Waals surface area contributed by atoms with Crippen LogP contribution in [0.2, 0.25) is 0 Å². The summed E-state index contributed by atoms with van der Waals surface area (Å²) >= 11 is 0. The molecule has 0 atom stereocenters. The van der Waals surface area contributed by atoms with Crippen LogP contribution >= 0.6 is 0 Å². The Morgan fingerprint density at radius 1 is 1.00 bits per heavy atom. The number of carbonyl (C=O) groups excluding carboxylic acids is 2. The number of ether oxygens (including phenoxy) is 1. The zero-order valence-corrected chi connectivity index (χ0v) is 17.8. The van der Waals surface area contributed by atoms with Crippen molar-refractivity contribution in [2.24, 2.45) is 0 Å². The van der Waals surface area contributed by atoms with Gasteiger partial charge in [0.25, 0.3) is 5.91 Å². The van der Waals surface area contributed by atoms with Crippen molar-refractivity contribution in [3.05, 3.63) is 65.2 Å². The maximum absolute atomic E-state index is 13.0. The number of hydrogen-bond donors (Lipinski definition) is 1. The third-order valence-corrected chi connectivity index (χ3v) is 6.94. The van der Waals surface area contributed by atoms with Crippen molar-refractivity contribution in [2.45, 2.75) is 37.6 Å². The van der Waals surface area contributed by atoms with E-state index in [2.05, 4.69) is 5.32 Å². The van der Waals surface area contributed by atoms with Gasteiger partial charge in [0, 0.05) is 19.6 Å². The van der Waals surface area contributed by atoms with E-state index >= 15 is 0 Å². The Morgan fingerprint density at radius 3 is 2.37 bits per heavy atom. The molecular formula is C22H26N2O5S. The van der Waals surface area contributed by atoms with Gasteiger partial charge in [0.15, 0.2) is 6.61 Å². The number of carbonyl (C=O) groups is 2. The smallest absolute Gasteiger partial charge is 0.340 e. The van der Waals surface area contributed by atoms with E-state index in [4.69, 9.17) is 4.74 Å². The molecule has 160 valence electrons. The zero-order valence-electron chi connectivity index (χ0n) is 17.0. The van der Waals surface area contributed by atoms with Crippen LogP contribution in [0, 0.1) is 6.92 Å². The summed E-state index contributed by atoms with van der Waals surface area (Å²) in [6, 6.07) is 13.7. The summed E-state index contributed by atoms with van der Waals surface area (Å²) in [5.41, 5.74) is 1.99. The van der Waals surface area contributed by atoms with Crippen molar-refractivity contribution in [1.29, 1.82) is 0 Å². The first kappa shape index (κ1) is 22.0. The Balaban J connectivity index is 1.61. The number of hydrogen-bond acceptors (Lipinski definition) is 5. The maximum atomic E-state index is 13.0. The fourth-order valence-corrected chi connectivity index (χ4v) is 4.97. The van der Waals surface area contributed by atoms with E-state index in [-0.39, 0.29) is 10.5 Å². The molecule has 1 aliphatic rings. The van der Waals surface area contributed by atoms with Gasteiger partial charge in [0.05, 0.1) is 10.5 Å². The van der Waals surface area contributed by atoms with E-state index < -0.39 is 28.5 Å². The number of amides is 1. The first-order valence-corrected chi connectivity index (χ1v) is 11.4. The third kappa shape index (κ3) is 5.46. The highest BCUT2D eigenvalue weighted by molar-refractivity contribution is 7.89. The van der Waals surface area contributed by atoms with Gasteiger partial charge < -0.3 is 10.1 Å². The maximum Gasteiger partial charge on any atom is 0.340 e. The minimum absolute atomic E-state index is 0.0607. The molecule has 1 fully saturated rings. The van der Waals surface area contributed by atoms with Crippen LogP contribution in [0.25, 0.3) is 0 Å². The first-order chi connectivity index (χ1) is 14.4. The van der Waals surface area contributed by atoms with Crippen LogP contribution in [0.15, 0.2) is 53.4 Å². The molecule has 30 heavy (non-hydrogen) atoms. The minimum Gasteiger partial charge on any atom is -0.452 e. The van der Waals surface area contributed by atoms with Crippen molar-refractivity contribution in [1.82, 2.24) is 9.62 Å². The molecule has 0 radical (unpaired) electrons. The standard InChI is InChI=1S/C22H26N2O5S/c1-17-9-11-18(12-10-17)15-23-21(25)16-29-22(26)19-7-3-4-8-20(19)30(27,28)24-13-5-2-6-14-24/h3-4,7-12H,2,5-6,13-16H2,1H3,(H,23,25). The molecule has 0 unspecified atom stereocenters. The first-order valence-electron chi connectivity index (χ1n) is 9.96. The Morgan fingerprint density at radius 2 is 1.67 bits per heavy atom. The molecule has 3 rings (SSSR count). The molecule has 0 aromatic heterocycles. The van der Waals surface area contributed by atoms with E-state index in [1.807, 2.05) is 31.2 Å². The highest BCUT2D eigenvalue weighted by Gasteiger charge is 2.30. The second kappa shape index (κ2) is 9.86. The monoisotopic (exact) mass is 430 g/mol. The molecular weight excluding hydrogens is 404 g/mol. The summed E-state index contributed by atoms with van der Waals surface area (Å²) in [6.07, 6.45) is 2.59. The summed E-state index contributed by atoms with van der Waals surface area (Å²) in [6.45, 7) is 2.69. The van der Waals surface area contributed by atoms with Gasteiger partial charge in [-0.3, -0.25) is 4.79 Å². The molecule has 1 N–H and O–H groups in total. The van der Waals surface area contributed by atoms with E-state index in [0.29, 0.717) is 19.6 Å². The number of piperidine rings is 1. The highest BCUT2D eigenvalue weighted by Crippen LogP contribution is 2.24. The molecule has 2 aromatic rings. The SMILES string of the molecule is Cc1ccc(CNC(=O)COC(=O)c2ccccc2S(=O)(=O)N2CCCCC2)cc1. The molecule has 2 aromatic carbocycles. The summed E-state index contributed by atoms with van der Waals surface area (Å²) in [7, 11) is -3.79. The molecule has 1 amide bonds. The lowest BCUT2D eigenvalue weighted by atomic mass is 10.1. The van der Waals surface area contributed by atoms with E-state index in [1.54, 1.807) is 12.1 Å². The van der Waals surface area contributed by atoms with Crippen molar-refractivity contribution in [2.75, 3.05) is 19.7 Å². The van der Waals surface area contributed by atoms with Crippen molar-refractivity contribution in [3.8, 4) is 0 Å². The molecule has 1 saturated heterocycles. The summed E-state index contributed by atoms with van der Waals surface area (Å²) in [5, 5.41) is 2.68. The van der Waals surface area contributed by atoms with Gasteiger partial charge in [-0.15, -0.1) is 0 Å². The van der Waals surface area contributed by atoms with Crippen LogP contribution in [0.4, 0.5) is 0 Å². The number of sulfonamides is 1. The topological polar surface area (TPSA) is 92.8 Å². The lowest BCUT2D eigenvalue weighted by Gasteiger charge is -2.26. The van der Waals surface area contributed by atoms with Gasteiger partial charge in [-0.1, -0.05) is 48.4 Å². The Kier molecular flexibility index (Phi) is 7.23. The number of nitrogens with one attached hydrogen (secondary N) is 1. The van der Waals surface area contributed by atoms with Gasteiger partial charge in [0.1, 0.15) is 0 Å². The highest BCUT2D eigenvalue weighted by atomic mass is 32.2. The predicted octanol–water partition coefficient (Wildman–Crippen LogP) is 2.64. The summed E-state index contributed by atoms with van der Waals surface area (Å²) in [4.78, 5) is 24.5. The van der Waals surface area contributed by atoms with Crippen LogP contribution in [0.5, 0.6) is 0 Å². The van der Waals surface area contributed by atoms with Crippen LogP contribution in [-0.2, 0) is 26.1 Å². The molecule has 1 aliphatic heterocycles. The Labute approximate surface area is 177 Å². The normalized spacial score (nSPS) is 14.8. The Bertz CT molecular complexity index is 996. The lowest BCUT2D eigenvalue weighted by Crippen LogP contribution is -2.36. The van der Waals surface area contributed by atoms with Gasteiger partial charge in [-0.05, 0) is 37.5 Å². The number of benzene rings is 2. The molecule has 7 nitrogen and oxygen atoms in total. The van der Waals surface area contributed by atoms with Crippen molar-refractivity contribution >= 4 is 21.9 Å². The van der Waals surface area contributed by atoms with Crippen LogP contribution < -0.4 is 5.32 Å². The fourth-order valence-electron chi connectivity index (χ4n) is 3.27. The van der Waals surface area contributed by atoms with Crippen LogP contribution in [0.1, 0.15) is 40.7 Å². The zero-order chi connectivity index (χ0) is 21.6. The summed E-state index contributed by atoms with van der Waals surface area (Å²) in [5.74, 6) is -1.29. The Hall–Kier alpha value is -2.71. The van der Waals surface area contributed by atoms with Gasteiger partial charge >= 0.3 is 5.97 Å². The second-order valence-electron chi connectivity index (χ2n) is 7.30. The van der Waals surface area contributed by atoms with Gasteiger partial charge in [0.2, 0.25) is 10.0 Å². The van der Waals surface area contributed by atoms with Crippen molar-refractivity contribution < 1.29 is 22.7 Å². The van der Waals surface area contributed by atoms with Crippen molar-refractivity contribution in [3.63, 3.8) is 0 Å². The van der Waals surface area contributed by atoms with E-state index in [1.165, 1.54) is 16.4 Å². The number of esters is 1. The largest absolute Gasteiger partial charge is 0.452 e.